The van der Waals surface area contributed by atoms with Crippen LogP contribution in [0.2, 0.25) is 0 Å². The van der Waals surface area contributed by atoms with Crippen LogP contribution in [-0.2, 0) is 11.3 Å². The van der Waals surface area contributed by atoms with E-state index in [2.05, 4.69) is 16.5 Å². The average molecular weight is 365 g/mol. The number of aryl methyl sites for hydroxylation is 2. The molecule has 0 fully saturated rings. The van der Waals surface area contributed by atoms with Gasteiger partial charge in [-0.2, -0.15) is 5.10 Å². The predicted molar refractivity (Wildman–Crippen MR) is 107 cm³/mol. The minimum absolute atomic E-state index is 0.0409. The quantitative estimate of drug-likeness (QED) is 0.762. The predicted octanol–water partition coefficient (Wildman–Crippen LogP) is 3.62. The number of hydrogen-bond acceptors (Lipinski definition) is 3. The third-order valence-corrected chi connectivity index (χ3v) is 4.92. The number of allylic oxidation sites excluding steroid dienone is 1. The molecule has 0 atom stereocenters. The minimum Gasteiger partial charge on any atom is -0.356 e. The molecule has 27 heavy (non-hydrogen) atoms. The summed E-state index contributed by atoms with van der Waals surface area (Å²) in [6.07, 6.45) is 8.33. The summed E-state index contributed by atoms with van der Waals surface area (Å²) < 4.78 is 1.37. The van der Waals surface area contributed by atoms with E-state index in [0.717, 1.165) is 30.5 Å². The van der Waals surface area contributed by atoms with Gasteiger partial charge < -0.3 is 5.32 Å². The van der Waals surface area contributed by atoms with Crippen molar-refractivity contribution in [1.29, 1.82) is 0 Å². The Morgan fingerprint density at radius 3 is 2.70 bits per heavy atom. The number of aromatic nitrogens is 2. The van der Waals surface area contributed by atoms with Crippen LogP contribution in [0.15, 0.2) is 52.8 Å². The van der Waals surface area contributed by atoms with Crippen molar-refractivity contribution in [2.45, 2.75) is 52.0 Å². The number of carbonyl (C=O) groups is 1. The molecule has 0 saturated heterocycles. The van der Waals surface area contributed by atoms with Crippen molar-refractivity contribution in [3.8, 4) is 11.3 Å². The lowest BCUT2D eigenvalue weighted by molar-refractivity contribution is -0.121. The van der Waals surface area contributed by atoms with Crippen molar-refractivity contribution in [2.75, 3.05) is 6.54 Å². The van der Waals surface area contributed by atoms with Crippen LogP contribution in [0.25, 0.3) is 11.3 Å². The fourth-order valence-electron chi connectivity index (χ4n) is 3.28. The average Bonchev–Trinajstić information content (AvgIpc) is 2.69. The van der Waals surface area contributed by atoms with E-state index >= 15 is 0 Å². The third kappa shape index (κ3) is 5.64. The molecule has 0 unspecified atom stereocenters. The summed E-state index contributed by atoms with van der Waals surface area (Å²) in [7, 11) is 0. The van der Waals surface area contributed by atoms with Crippen molar-refractivity contribution < 1.29 is 4.79 Å². The van der Waals surface area contributed by atoms with Gasteiger partial charge in [0.05, 0.1) is 12.2 Å². The summed E-state index contributed by atoms with van der Waals surface area (Å²) in [5, 5.41) is 7.36. The Labute approximate surface area is 160 Å². The van der Waals surface area contributed by atoms with Crippen LogP contribution in [0.4, 0.5) is 0 Å². The Hall–Kier alpha value is -2.69. The van der Waals surface area contributed by atoms with Gasteiger partial charge in [0.2, 0.25) is 5.91 Å². The maximum atomic E-state index is 12.1. The molecule has 1 aromatic heterocycles. The minimum atomic E-state index is -0.189. The van der Waals surface area contributed by atoms with Crippen LogP contribution in [0.1, 0.15) is 44.1 Å². The van der Waals surface area contributed by atoms with Crippen LogP contribution in [0.3, 0.4) is 0 Å². The van der Waals surface area contributed by atoms with Gasteiger partial charge in [-0.1, -0.05) is 41.5 Å². The zero-order valence-corrected chi connectivity index (χ0v) is 15.9. The molecule has 0 aliphatic heterocycles. The molecule has 5 heteroatoms. The lowest BCUT2D eigenvalue weighted by Crippen LogP contribution is -2.29. The first-order valence-corrected chi connectivity index (χ1v) is 9.71. The van der Waals surface area contributed by atoms with Crippen LogP contribution in [-0.4, -0.2) is 22.2 Å². The van der Waals surface area contributed by atoms with E-state index in [-0.39, 0.29) is 24.4 Å². The second-order valence-corrected chi connectivity index (χ2v) is 7.10. The van der Waals surface area contributed by atoms with Gasteiger partial charge in [0.25, 0.3) is 5.56 Å². The normalized spacial score (nSPS) is 13.9. The molecule has 1 N–H and O–H groups in total. The standard InChI is InChI=1S/C22H27N3O2/c1-17-7-9-19(10-8-17)20-11-12-22(27)25(24-20)16-14-21(26)23-15-13-18-5-3-2-4-6-18/h5,7-12H,2-4,6,13-16H2,1H3,(H,23,26). The van der Waals surface area contributed by atoms with Crippen LogP contribution in [0.5, 0.6) is 0 Å². The highest BCUT2D eigenvalue weighted by Crippen LogP contribution is 2.19. The summed E-state index contributed by atoms with van der Waals surface area (Å²) in [6.45, 7) is 2.98. The smallest absolute Gasteiger partial charge is 0.266 e. The summed E-state index contributed by atoms with van der Waals surface area (Å²) in [5.41, 5.74) is 4.13. The highest BCUT2D eigenvalue weighted by atomic mass is 16.2. The van der Waals surface area contributed by atoms with Crippen molar-refractivity contribution in [1.82, 2.24) is 15.1 Å². The summed E-state index contributed by atoms with van der Waals surface area (Å²) >= 11 is 0. The Morgan fingerprint density at radius 1 is 1.15 bits per heavy atom. The molecule has 0 spiro atoms. The molecule has 3 rings (SSSR count). The lowest BCUT2D eigenvalue weighted by atomic mass is 9.97. The highest BCUT2D eigenvalue weighted by Gasteiger charge is 2.08. The fraction of sp³-hybridized carbons (Fsp3) is 0.409. The van der Waals surface area contributed by atoms with Crippen LogP contribution in [0, 0.1) is 6.92 Å². The maximum Gasteiger partial charge on any atom is 0.266 e. The molecule has 1 aliphatic carbocycles. The number of rotatable bonds is 7. The van der Waals surface area contributed by atoms with Gasteiger partial charge >= 0.3 is 0 Å². The second-order valence-electron chi connectivity index (χ2n) is 7.10. The molecule has 1 heterocycles. The van der Waals surface area contributed by atoms with E-state index in [1.807, 2.05) is 31.2 Å². The molecule has 0 bridgehead atoms. The van der Waals surface area contributed by atoms with Crippen molar-refractivity contribution >= 4 is 5.91 Å². The topological polar surface area (TPSA) is 64.0 Å². The Bertz CT molecular complexity index is 866. The number of amides is 1. The molecular formula is C22H27N3O2. The summed E-state index contributed by atoms with van der Waals surface area (Å²) in [4.78, 5) is 24.1. The number of carbonyl (C=O) groups excluding carboxylic acids is 1. The largest absolute Gasteiger partial charge is 0.356 e. The lowest BCUT2D eigenvalue weighted by Gasteiger charge is -2.13. The van der Waals surface area contributed by atoms with E-state index in [1.165, 1.54) is 34.7 Å². The van der Waals surface area contributed by atoms with E-state index in [4.69, 9.17) is 0 Å². The van der Waals surface area contributed by atoms with E-state index in [9.17, 15) is 9.59 Å². The molecule has 2 aromatic rings. The Kier molecular flexibility index (Phi) is 6.58. The van der Waals surface area contributed by atoms with Gasteiger partial charge in [-0.05, 0) is 45.1 Å². The van der Waals surface area contributed by atoms with Gasteiger partial charge in [-0.15, -0.1) is 0 Å². The summed E-state index contributed by atoms with van der Waals surface area (Å²) in [5.74, 6) is -0.0409. The first-order chi connectivity index (χ1) is 13.1. The fourth-order valence-corrected chi connectivity index (χ4v) is 3.28. The second kappa shape index (κ2) is 9.31. The van der Waals surface area contributed by atoms with Crippen molar-refractivity contribution in [2.24, 2.45) is 0 Å². The SMILES string of the molecule is Cc1ccc(-c2ccc(=O)n(CCC(=O)NCCC3=CCCCC3)n2)cc1. The van der Waals surface area contributed by atoms with E-state index in [1.54, 1.807) is 6.07 Å². The molecule has 0 saturated carbocycles. The van der Waals surface area contributed by atoms with Gasteiger partial charge in [-0.25, -0.2) is 4.68 Å². The molecule has 1 amide bonds. The van der Waals surface area contributed by atoms with E-state index < -0.39 is 0 Å². The van der Waals surface area contributed by atoms with Crippen molar-refractivity contribution in [3.63, 3.8) is 0 Å². The third-order valence-electron chi connectivity index (χ3n) is 4.92. The van der Waals surface area contributed by atoms with Crippen LogP contribution >= 0.6 is 0 Å². The Balaban J connectivity index is 1.53. The zero-order valence-electron chi connectivity index (χ0n) is 15.9. The van der Waals surface area contributed by atoms with Gasteiger partial charge in [0.1, 0.15) is 0 Å². The molecule has 142 valence electrons. The monoisotopic (exact) mass is 365 g/mol. The molecule has 1 aliphatic rings. The Morgan fingerprint density at radius 2 is 1.96 bits per heavy atom. The molecule has 0 radical (unpaired) electrons. The number of hydrogen-bond donors (Lipinski definition) is 1. The number of benzene rings is 1. The van der Waals surface area contributed by atoms with E-state index in [0.29, 0.717) is 6.54 Å². The summed E-state index contributed by atoms with van der Waals surface area (Å²) in [6, 6.07) is 11.2. The van der Waals surface area contributed by atoms with Gasteiger partial charge in [0, 0.05) is 24.6 Å². The highest BCUT2D eigenvalue weighted by molar-refractivity contribution is 5.75. The first-order valence-electron chi connectivity index (χ1n) is 9.71. The van der Waals surface area contributed by atoms with Crippen molar-refractivity contribution in [3.05, 3.63) is 64.0 Å². The number of nitrogens with one attached hydrogen (secondary N) is 1. The first kappa shape index (κ1) is 19.1. The van der Waals surface area contributed by atoms with Gasteiger partial charge in [-0.3, -0.25) is 9.59 Å². The van der Waals surface area contributed by atoms with Gasteiger partial charge in [0.15, 0.2) is 0 Å². The zero-order chi connectivity index (χ0) is 19.1. The molecule has 1 aromatic carbocycles. The number of nitrogens with zero attached hydrogens (tertiary/aromatic N) is 2. The maximum absolute atomic E-state index is 12.1. The molecular weight excluding hydrogens is 338 g/mol. The molecule has 5 nitrogen and oxygen atoms in total. The van der Waals surface area contributed by atoms with Crippen LogP contribution < -0.4 is 10.9 Å².